The van der Waals surface area contributed by atoms with Crippen molar-refractivity contribution in [3.05, 3.63) is 34.2 Å². The average molecular weight is 294 g/mol. The number of nitrogens with zero attached hydrogens (tertiary/aromatic N) is 6. The molecule has 2 aromatic heterocycles. The van der Waals surface area contributed by atoms with Crippen LogP contribution in [0.2, 0.25) is 0 Å². The third-order valence-electron chi connectivity index (χ3n) is 3.51. The largest absolute Gasteiger partial charge is 0.566 e. The Hall–Kier alpha value is -2.69. The lowest BCUT2D eigenvalue weighted by molar-refractivity contribution is 0.572. The van der Waals surface area contributed by atoms with Crippen molar-refractivity contribution < 1.29 is 4.65 Å². The minimum atomic E-state index is 0.123. The molecular formula is C14H15BN6O. The zero-order valence-corrected chi connectivity index (χ0v) is 13.2. The van der Waals surface area contributed by atoms with Gasteiger partial charge in [0.1, 0.15) is 17.4 Å². The summed E-state index contributed by atoms with van der Waals surface area (Å²) in [6, 6.07) is 2.05. The standard InChI is InChI=1S/C14H15BN6O/c1-7-8(2)18-19-14(17-7)11(6-16)13(22-15)12-9(3)20-21(5)10(12)4/h1-5H3. The molecule has 0 aliphatic carbocycles. The van der Waals surface area contributed by atoms with Gasteiger partial charge in [-0.2, -0.15) is 15.5 Å². The Bertz CT molecular complexity index is 802. The van der Waals surface area contributed by atoms with Crippen LogP contribution in [0.4, 0.5) is 0 Å². The Balaban J connectivity index is 2.74. The summed E-state index contributed by atoms with van der Waals surface area (Å²) in [5.74, 6) is 0.365. The maximum Gasteiger partial charge on any atom is 0.374 e. The summed E-state index contributed by atoms with van der Waals surface area (Å²) in [5, 5.41) is 21.8. The number of hydrogen-bond donors (Lipinski definition) is 0. The third kappa shape index (κ3) is 2.57. The number of rotatable bonds is 3. The first-order chi connectivity index (χ1) is 10.4. The summed E-state index contributed by atoms with van der Waals surface area (Å²) < 4.78 is 6.68. The van der Waals surface area contributed by atoms with E-state index in [2.05, 4.69) is 26.3 Å². The summed E-state index contributed by atoms with van der Waals surface area (Å²) in [7, 11) is 7.22. The van der Waals surface area contributed by atoms with Gasteiger partial charge >= 0.3 is 8.05 Å². The van der Waals surface area contributed by atoms with E-state index < -0.39 is 0 Å². The molecule has 0 amide bonds. The van der Waals surface area contributed by atoms with Crippen LogP contribution in [0.5, 0.6) is 0 Å². The molecule has 0 saturated heterocycles. The Morgan fingerprint density at radius 1 is 1.14 bits per heavy atom. The van der Waals surface area contributed by atoms with Crippen LogP contribution < -0.4 is 0 Å². The van der Waals surface area contributed by atoms with Crippen LogP contribution in [0, 0.1) is 39.0 Å². The van der Waals surface area contributed by atoms with Crippen LogP contribution in [0.15, 0.2) is 0 Å². The quantitative estimate of drug-likeness (QED) is 0.482. The van der Waals surface area contributed by atoms with Crippen LogP contribution in [-0.2, 0) is 11.7 Å². The molecule has 0 aliphatic heterocycles. The van der Waals surface area contributed by atoms with E-state index in [0.717, 1.165) is 5.69 Å². The summed E-state index contributed by atoms with van der Waals surface area (Å²) in [5.41, 5.74) is 3.69. The van der Waals surface area contributed by atoms with Gasteiger partial charge in [-0.15, -0.1) is 5.10 Å². The molecule has 0 aliphatic rings. The highest BCUT2D eigenvalue weighted by molar-refractivity contribution is 6.06. The first-order valence-corrected chi connectivity index (χ1v) is 6.60. The zero-order chi connectivity index (χ0) is 16.4. The van der Waals surface area contributed by atoms with E-state index in [1.54, 1.807) is 25.6 Å². The zero-order valence-electron chi connectivity index (χ0n) is 13.2. The molecule has 0 atom stereocenters. The molecule has 0 fully saturated rings. The smallest absolute Gasteiger partial charge is 0.374 e. The number of nitriles is 1. The van der Waals surface area contributed by atoms with Crippen LogP contribution in [0.1, 0.15) is 34.2 Å². The molecule has 0 spiro atoms. The van der Waals surface area contributed by atoms with E-state index in [1.807, 2.05) is 13.8 Å². The molecule has 0 bridgehead atoms. The Morgan fingerprint density at radius 2 is 1.82 bits per heavy atom. The topological polar surface area (TPSA) is 89.5 Å². The predicted octanol–water partition coefficient (Wildman–Crippen LogP) is 1.33. The fourth-order valence-electron chi connectivity index (χ4n) is 2.11. The Kier molecular flexibility index (Phi) is 4.26. The van der Waals surface area contributed by atoms with Crippen molar-refractivity contribution in [3.63, 3.8) is 0 Å². The predicted molar refractivity (Wildman–Crippen MR) is 81.2 cm³/mol. The van der Waals surface area contributed by atoms with Gasteiger partial charge in [0.05, 0.1) is 22.6 Å². The SMILES string of the molecule is [B]OC(=C(C#N)c1nnc(C)c(C)n1)c1c(C)nn(C)c1C. The number of aryl methyl sites for hydroxylation is 4. The lowest BCUT2D eigenvalue weighted by Gasteiger charge is -2.10. The van der Waals surface area contributed by atoms with Crippen molar-refractivity contribution in [1.82, 2.24) is 25.0 Å². The average Bonchev–Trinajstić information content (AvgIpc) is 2.73. The van der Waals surface area contributed by atoms with Crippen LogP contribution in [0.3, 0.4) is 0 Å². The van der Waals surface area contributed by atoms with E-state index in [-0.39, 0.29) is 17.2 Å². The molecule has 110 valence electrons. The Morgan fingerprint density at radius 3 is 2.27 bits per heavy atom. The fourth-order valence-corrected chi connectivity index (χ4v) is 2.11. The second-order valence-electron chi connectivity index (χ2n) is 4.91. The molecule has 0 unspecified atom stereocenters. The molecule has 22 heavy (non-hydrogen) atoms. The van der Waals surface area contributed by atoms with Gasteiger partial charge in [0.25, 0.3) is 0 Å². The van der Waals surface area contributed by atoms with Gasteiger partial charge in [-0.3, -0.25) is 4.68 Å². The second kappa shape index (κ2) is 5.97. The molecule has 2 heterocycles. The minimum Gasteiger partial charge on any atom is -0.566 e. The highest BCUT2D eigenvalue weighted by atomic mass is 16.4. The molecule has 2 radical (unpaired) electrons. The first kappa shape index (κ1) is 15.7. The van der Waals surface area contributed by atoms with E-state index in [0.29, 0.717) is 22.6 Å². The van der Waals surface area contributed by atoms with Gasteiger partial charge in [-0.1, -0.05) is 0 Å². The van der Waals surface area contributed by atoms with Crippen molar-refractivity contribution in [2.24, 2.45) is 7.05 Å². The van der Waals surface area contributed by atoms with Crippen LogP contribution in [0.25, 0.3) is 11.3 Å². The molecule has 8 heteroatoms. The van der Waals surface area contributed by atoms with E-state index in [4.69, 9.17) is 12.7 Å². The molecule has 0 N–H and O–H groups in total. The van der Waals surface area contributed by atoms with Crippen molar-refractivity contribution >= 4 is 19.4 Å². The second-order valence-corrected chi connectivity index (χ2v) is 4.91. The third-order valence-corrected chi connectivity index (χ3v) is 3.51. The van der Waals surface area contributed by atoms with Crippen molar-refractivity contribution in [1.29, 1.82) is 5.26 Å². The maximum atomic E-state index is 9.51. The molecule has 0 aromatic carbocycles. The Labute approximate surface area is 130 Å². The normalized spacial score (nSPS) is 11.8. The van der Waals surface area contributed by atoms with Gasteiger partial charge in [-0.05, 0) is 27.7 Å². The van der Waals surface area contributed by atoms with Crippen molar-refractivity contribution in [2.45, 2.75) is 27.7 Å². The maximum absolute atomic E-state index is 9.51. The van der Waals surface area contributed by atoms with Gasteiger partial charge in [-0.25, -0.2) is 4.98 Å². The number of aromatic nitrogens is 5. The monoisotopic (exact) mass is 294 g/mol. The number of allylic oxidation sites excluding steroid dienone is 1. The molecule has 2 rings (SSSR count). The van der Waals surface area contributed by atoms with Gasteiger partial charge in [0.15, 0.2) is 5.82 Å². The van der Waals surface area contributed by atoms with Gasteiger partial charge in [0.2, 0.25) is 0 Å². The van der Waals surface area contributed by atoms with Gasteiger partial charge in [0, 0.05) is 12.7 Å². The highest BCUT2D eigenvalue weighted by Gasteiger charge is 2.21. The lowest BCUT2D eigenvalue weighted by Crippen LogP contribution is -2.05. The first-order valence-electron chi connectivity index (χ1n) is 6.60. The molecule has 0 saturated carbocycles. The molecular weight excluding hydrogens is 279 g/mol. The number of hydrogen-bond acceptors (Lipinski definition) is 6. The molecule has 7 nitrogen and oxygen atoms in total. The summed E-state index contributed by atoms with van der Waals surface area (Å²) in [4.78, 5) is 4.29. The van der Waals surface area contributed by atoms with Crippen LogP contribution in [-0.4, -0.2) is 33.0 Å². The van der Waals surface area contributed by atoms with E-state index in [1.165, 1.54) is 0 Å². The summed E-state index contributed by atoms with van der Waals surface area (Å²) in [6.45, 7) is 7.27. The van der Waals surface area contributed by atoms with Crippen LogP contribution >= 0.6 is 0 Å². The lowest BCUT2D eigenvalue weighted by atomic mass is 10.1. The molecule has 2 aromatic rings. The summed E-state index contributed by atoms with van der Waals surface area (Å²) in [6.07, 6.45) is 0. The summed E-state index contributed by atoms with van der Waals surface area (Å²) >= 11 is 0. The minimum absolute atomic E-state index is 0.123. The van der Waals surface area contributed by atoms with Gasteiger partial charge < -0.3 is 4.65 Å². The fraction of sp³-hybridized carbons (Fsp3) is 0.357. The van der Waals surface area contributed by atoms with E-state index >= 15 is 0 Å². The highest BCUT2D eigenvalue weighted by Crippen LogP contribution is 2.29. The van der Waals surface area contributed by atoms with Crippen molar-refractivity contribution in [2.75, 3.05) is 0 Å². The van der Waals surface area contributed by atoms with E-state index in [9.17, 15) is 5.26 Å². The van der Waals surface area contributed by atoms with Crippen molar-refractivity contribution in [3.8, 4) is 6.07 Å².